The van der Waals surface area contributed by atoms with Crippen LogP contribution >= 0.6 is 11.6 Å². The van der Waals surface area contributed by atoms with Gasteiger partial charge in [0.05, 0.1) is 13.5 Å². The van der Waals surface area contributed by atoms with Crippen LogP contribution in [-0.2, 0) is 11.2 Å². The summed E-state index contributed by atoms with van der Waals surface area (Å²) < 4.78 is 5.19. The number of amides is 1. The Balaban J connectivity index is 2.05. The largest absolute Gasteiger partial charge is 0.496 e. The molecule has 0 spiro atoms. The lowest BCUT2D eigenvalue weighted by atomic mass is 10.1. The van der Waals surface area contributed by atoms with E-state index in [2.05, 4.69) is 15.3 Å². The topological polar surface area (TPSA) is 64.1 Å². The molecule has 0 aliphatic rings. The second kappa shape index (κ2) is 6.15. The first-order valence-corrected chi connectivity index (χ1v) is 5.97. The van der Waals surface area contributed by atoms with E-state index in [1.54, 1.807) is 13.2 Å². The Morgan fingerprint density at radius 3 is 2.89 bits per heavy atom. The fourth-order valence-electron chi connectivity index (χ4n) is 1.61. The number of rotatable bonds is 4. The Morgan fingerprint density at radius 2 is 2.16 bits per heavy atom. The van der Waals surface area contributed by atoms with Gasteiger partial charge < -0.3 is 10.1 Å². The molecule has 2 aromatic rings. The van der Waals surface area contributed by atoms with Gasteiger partial charge in [-0.3, -0.25) is 4.79 Å². The van der Waals surface area contributed by atoms with E-state index >= 15 is 0 Å². The maximum atomic E-state index is 11.9. The van der Waals surface area contributed by atoms with Gasteiger partial charge in [0.1, 0.15) is 11.6 Å². The van der Waals surface area contributed by atoms with Gasteiger partial charge >= 0.3 is 0 Å². The van der Waals surface area contributed by atoms with Crippen LogP contribution in [0.4, 0.5) is 5.82 Å². The summed E-state index contributed by atoms with van der Waals surface area (Å²) in [4.78, 5) is 19.5. The molecule has 98 valence electrons. The Kier molecular flexibility index (Phi) is 4.30. The van der Waals surface area contributed by atoms with Crippen molar-refractivity contribution in [2.45, 2.75) is 6.42 Å². The first-order chi connectivity index (χ1) is 9.19. The van der Waals surface area contributed by atoms with Gasteiger partial charge in [-0.15, -0.1) is 0 Å². The van der Waals surface area contributed by atoms with E-state index in [1.807, 2.05) is 24.3 Å². The molecule has 2 rings (SSSR count). The molecule has 0 aliphatic heterocycles. The van der Waals surface area contributed by atoms with Gasteiger partial charge in [0.15, 0.2) is 0 Å². The summed E-state index contributed by atoms with van der Waals surface area (Å²) in [6, 6.07) is 8.93. The van der Waals surface area contributed by atoms with Crippen molar-refractivity contribution >= 4 is 23.3 Å². The predicted molar refractivity (Wildman–Crippen MR) is 72.4 cm³/mol. The number of para-hydroxylation sites is 1. The van der Waals surface area contributed by atoms with E-state index < -0.39 is 0 Å². The van der Waals surface area contributed by atoms with E-state index in [9.17, 15) is 4.79 Å². The maximum Gasteiger partial charge on any atom is 0.230 e. The van der Waals surface area contributed by atoms with E-state index in [0.717, 1.165) is 5.56 Å². The number of hydrogen-bond acceptors (Lipinski definition) is 4. The highest BCUT2D eigenvalue weighted by atomic mass is 35.5. The molecular weight excluding hydrogens is 266 g/mol. The lowest BCUT2D eigenvalue weighted by molar-refractivity contribution is -0.115. The number of carbonyl (C=O) groups is 1. The van der Waals surface area contributed by atoms with E-state index in [1.165, 1.54) is 6.20 Å². The summed E-state index contributed by atoms with van der Waals surface area (Å²) in [5.74, 6) is 0.859. The highest BCUT2D eigenvalue weighted by Crippen LogP contribution is 2.18. The Bertz CT molecular complexity index is 590. The Labute approximate surface area is 115 Å². The molecule has 0 radical (unpaired) electrons. The SMILES string of the molecule is COc1ccccc1CC(=O)Nc1ccnc(Cl)n1. The highest BCUT2D eigenvalue weighted by Gasteiger charge is 2.09. The molecule has 1 aromatic heterocycles. The lowest BCUT2D eigenvalue weighted by Crippen LogP contribution is -2.15. The van der Waals surface area contributed by atoms with Crippen molar-refractivity contribution in [3.05, 3.63) is 47.4 Å². The summed E-state index contributed by atoms with van der Waals surface area (Å²) in [6.45, 7) is 0. The van der Waals surface area contributed by atoms with Crippen LogP contribution in [0.5, 0.6) is 5.75 Å². The van der Waals surface area contributed by atoms with Gasteiger partial charge in [-0.2, -0.15) is 0 Å². The number of anilines is 1. The van der Waals surface area contributed by atoms with Crippen molar-refractivity contribution in [3.8, 4) is 5.75 Å². The van der Waals surface area contributed by atoms with Crippen LogP contribution in [0.3, 0.4) is 0 Å². The van der Waals surface area contributed by atoms with Crippen LogP contribution in [0.25, 0.3) is 0 Å². The predicted octanol–water partition coefficient (Wildman–Crippen LogP) is 2.32. The second-order valence-corrected chi connectivity index (χ2v) is 4.09. The number of benzene rings is 1. The highest BCUT2D eigenvalue weighted by molar-refractivity contribution is 6.28. The molecule has 0 aliphatic carbocycles. The third-order valence-corrected chi connectivity index (χ3v) is 2.62. The summed E-state index contributed by atoms with van der Waals surface area (Å²) in [5.41, 5.74) is 0.808. The van der Waals surface area contributed by atoms with Crippen molar-refractivity contribution in [2.24, 2.45) is 0 Å². The second-order valence-electron chi connectivity index (χ2n) is 3.75. The van der Waals surface area contributed by atoms with Gasteiger partial charge in [-0.1, -0.05) is 18.2 Å². The fraction of sp³-hybridized carbons (Fsp3) is 0.154. The van der Waals surface area contributed by atoms with Crippen molar-refractivity contribution in [2.75, 3.05) is 12.4 Å². The number of methoxy groups -OCH3 is 1. The molecule has 19 heavy (non-hydrogen) atoms. The average Bonchev–Trinajstić information content (AvgIpc) is 2.39. The summed E-state index contributed by atoms with van der Waals surface area (Å²) in [6.07, 6.45) is 1.68. The molecule has 0 saturated heterocycles. The summed E-state index contributed by atoms with van der Waals surface area (Å²) in [7, 11) is 1.57. The molecule has 1 N–H and O–H groups in total. The Morgan fingerprint density at radius 1 is 1.37 bits per heavy atom. The number of hydrogen-bond donors (Lipinski definition) is 1. The van der Waals surface area contributed by atoms with Gasteiger partial charge in [-0.25, -0.2) is 9.97 Å². The van der Waals surface area contributed by atoms with E-state index in [-0.39, 0.29) is 17.6 Å². The monoisotopic (exact) mass is 277 g/mol. The zero-order valence-electron chi connectivity index (χ0n) is 10.3. The first kappa shape index (κ1) is 13.3. The lowest BCUT2D eigenvalue weighted by Gasteiger charge is -2.08. The van der Waals surface area contributed by atoms with E-state index in [4.69, 9.17) is 16.3 Å². The van der Waals surface area contributed by atoms with Crippen LogP contribution in [-0.4, -0.2) is 23.0 Å². The summed E-state index contributed by atoms with van der Waals surface area (Å²) >= 11 is 5.64. The fourth-order valence-corrected chi connectivity index (χ4v) is 1.76. The molecule has 0 bridgehead atoms. The van der Waals surface area contributed by atoms with Gasteiger partial charge in [0.2, 0.25) is 11.2 Å². The van der Waals surface area contributed by atoms with Crippen molar-refractivity contribution in [1.29, 1.82) is 0 Å². The molecule has 5 nitrogen and oxygen atoms in total. The number of aromatic nitrogens is 2. The smallest absolute Gasteiger partial charge is 0.230 e. The third-order valence-electron chi connectivity index (χ3n) is 2.44. The minimum Gasteiger partial charge on any atom is -0.496 e. The van der Waals surface area contributed by atoms with Gasteiger partial charge in [-0.05, 0) is 23.7 Å². The molecule has 0 saturated carbocycles. The molecule has 0 atom stereocenters. The summed E-state index contributed by atoms with van der Waals surface area (Å²) in [5, 5.41) is 2.75. The van der Waals surface area contributed by atoms with E-state index in [0.29, 0.717) is 11.6 Å². The molecule has 0 unspecified atom stereocenters. The molecule has 1 heterocycles. The van der Waals surface area contributed by atoms with Crippen molar-refractivity contribution in [3.63, 3.8) is 0 Å². The maximum absolute atomic E-state index is 11.9. The standard InChI is InChI=1S/C13H12ClN3O2/c1-19-10-5-3-2-4-9(10)8-12(18)16-11-6-7-15-13(14)17-11/h2-7H,8H2,1H3,(H,15,16,17,18). The zero-order valence-corrected chi connectivity index (χ0v) is 11.0. The van der Waals surface area contributed by atoms with Crippen LogP contribution in [0.1, 0.15) is 5.56 Å². The van der Waals surface area contributed by atoms with Crippen LogP contribution < -0.4 is 10.1 Å². The van der Waals surface area contributed by atoms with Gasteiger partial charge in [0.25, 0.3) is 0 Å². The average molecular weight is 278 g/mol. The Hall–Kier alpha value is -2.14. The minimum absolute atomic E-state index is 0.0927. The molecule has 6 heteroatoms. The molecule has 1 aromatic carbocycles. The number of halogens is 1. The zero-order chi connectivity index (χ0) is 13.7. The number of carbonyl (C=O) groups excluding carboxylic acids is 1. The molecular formula is C13H12ClN3O2. The van der Waals surface area contributed by atoms with Gasteiger partial charge in [0, 0.05) is 11.8 Å². The normalized spacial score (nSPS) is 10.0. The number of nitrogens with zero attached hydrogens (tertiary/aromatic N) is 2. The van der Waals surface area contributed by atoms with Crippen molar-refractivity contribution in [1.82, 2.24) is 9.97 Å². The van der Waals surface area contributed by atoms with Crippen LogP contribution in [0, 0.1) is 0 Å². The van der Waals surface area contributed by atoms with Crippen LogP contribution in [0.2, 0.25) is 5.28 Å². The van der Waals surface area contributed by atoms with Crippen molar-refractivity contribution < 1.29 is 9.53 Å². The third kappa shape index (κ3) is 3.66. The number of ether oxygens (including phenoxy) is 1. The quantitative estimate of drug-likeness (QED) is 0.871. The van der Waals surface area contributed by atoms with Crippen LogP contribution in [0.15, 0.2) is 36.5 Å². The molecule has 1 amide bonds. The molecule has 0 fully saturated rings. The first-order valence-electron chi connectivity index (χ1n) is 5.59. The number of nitrogens with one attached hydrogen (secondary N) is 1. The minimum atomic E-state index is -0.195.